The highest BCUT2D eigenvalue weighted by atomic mass is 15.0. The minimum Gasteiger partial charge on any atom is -0.382 e. The molecule has 3 atom stereocenters. The lowest BCUT2D eigenvalue weighted by molar-refractivity contribution is 0.490. The van der Waals surface area contributed by atoms with Crippen LogP contribution >= 0.6 is 0 Å². The van der Waals surface area contributed by atoms with Crippen molar-refractivity contribution >= 4 is 5.69 Å². The molecule has 1 aliphatic carbocycles. The zero-order valence-corrected chi connectivity index (χ0v) is 14.7. The molecule has 1 saturated carbocycles. The molecule has 1 aliphatic rings. The van der Waals surface area contributed by atoms with Crippen molar-refractivity contribution in [1.82, 2.24) is 9.55 Å². The minimum atomic E-state index is 0.561. The molecule has 25 heavy (non-hydrogen) atoms. The number of benzene rings is 2. The first kappa shape index (κ1) is 15.9. The summed E-state index contributed by atoms with van der Waals surface area (Å²) in [6.07, 6.45) is 9.33. The third-order valence-corrected chi connectivity index (χ3v) is 5.29. The Hall–Kier alpha value is -2.55. The quantitative estimate of drug-likeness (QED) is 0.717. The fourth-order valence-corrected chi connectivity index (χ4v) is 4.07. The summed E-state index contributed by atoms with van der Waals surface area (Å²) >= 11 is 0. The van der Waals surface area contributed by atoms with Crippen LogP contribution in [0.5, 0.6) is 0 Å². The smallest absolute Gasteiger partial charge is 0.0991 e. The molecule has 128 valence electrons. The first-order chi connectivity index (χ1) is 12.3. The lowest BCUT2D eigenvalue weighted by Crippen LogP contribution is -2.25. The van der Waals surface area contributed by atoms with E-state index in [-0.39, 0.29) is 0 Å². The highest BCUT2D eigenvalue weighted by molar-refractivity contribution is 5.44. The van der Waals surface area contributed by atoms with Gasteiger partial charge in [0, 0.05) is 29.8 Å². The standard InChI is InChI=1S/C22H25N3/c1-17-13-19(22(14-17)24-20-5-3-2-4-6-20)15-18-7-9-21(10-8-18)25-12-11-23-16-25/h2-12,16-17,19,22,24H,13-15H2,1H3. The van der Waals surface area contributed by atoms with E-state index >= 15 is 0 Å². The average molecular weight is 331 g/mol. The molecule has 3 heteroatoms. The van der Waals surface area contributed by atoms with Gasteiger partial charge in [0.25, 0.3) is 0 Å². The summed E-state index contributed by atoms with van der Waals surface area (Å²) in [7, 11) is 0. The van der Waals surface area contributed by atoms with E-state index in [1.165, 1.54) is 29.8 Å². The second-order valence-corrected chi connectivity index (χ2v) is 7.29. The van der Waals surface area contributed by atoms with Gasteiger partial charge in [-0.2, -0.15) is 0 Å². The summed E-state index contributed by atoms with van der Waals surface area (Å²) in [6, 6.07) is 20.1. The molecule has 0 saturated heterocycles. The van der Waals surface area contributed by atoms with Gasteiger partial charge in [-0.15, -0.1) is 0 Å². The summed E-state index contributed by atoms with van der Waals surface area (Å²) in [4.78, 5) is 4.12. The Kier molecular flexibility index (Phi) is 4.55. The summed E-state index contributed by atoms with van der Waals surface area (Å²) < 4.78 is 2.04. The Labute approximate surface area is 149 Å². The molecular weight excluding hydrogens is 306 g/mol. The molecule has 3 nitrogen and oxygen atoms in total. The van der Waals surface area contributed by atoms with Crippen LogP contribution in [0, 0.1) is 11.8 Å². The molecule has 2 aromatic carbocycles. The van der Waals surface area contributed by atoms with Crippen molar-refractivity contribution in [2.45, 2.75) is 32.2 Å². The Morgan fingerprint density at radius 3 is 2.56 bits per heavy atom. The Balaban J connectivity index is 1.45. The van der Waals surface area contributed by atoms with Gasteiger partial charge in [-0.05, 0) is 60.9 Å². The fraction of sp³-hybridized carbons (Fsp3) is 0.318. The first-order valence-electron chi connectivity index (χ1n) is 9.17. The number of anilines is 1. The predicted octanol–water partition coefficient (Wildman–Crippen LogP) is 4.94. The van der Waals surface area contributed by atoms with Crippen molar-refractivity contribution in [2.24, 2.45) is 11.8 Å². The van der Waals surface area contributed by atoms with E-state index in [9.17, 15) is 0 Å². The van der Waals surface area contributed by atoms with Crippen LogP contribution in [0.4, 0.5) is 5.69 Å². The van der Waals surface area contributed by atoms with E-state index in [1.807, 2.05) is 23.3 Å². The third-order valence-electron chi connectivity index (χ3n) is 5.29. The van der Waals surface area contributed by atoms with E-state index in [1.54, 1.807) is 0 Å². The van der Waals surface area contributed by atoms with E-state index < -0.39 is 0 Å². The van der Waals surface area contributed by atoms with Crippen molar-refractivity contribution in [2.75, 3.05) is 5.32 Å². The van der Waals surface area contributed by atoms with Crippen molar-refractivity contribution in [3.8, 4) is 5.69 Å². The fourth-order valence-electron chi connectivity index (χ4n) is 4.07. The molecule has 0 radical (unpaired) electrons. The number of para-hydroxylation sites is 1. The van der Waals surface area contributed by atoms with Crippen molar-refractivity contribution in [1.29, 1.82) is 0 Å². The monoisotopic (exact) mass is 331 g/mol. The molecule has 4 rings (SSSR count). The van der Waals surface area contributed by atoms with Crippen LogP contribution in [0.3, 0.4) is 0 Å². The average Bonchev–Trinajstić information content (AvgIpc) is 3.27. The van der Waals surface area contributed by atoms with Gasteiger partial charge in [-0.25, -0.2) is 4.98 Å². The van der Waals surface area contributed by atoms with E-state index in [2.05, 4.69) is 71.8 Å². The molecule has 3 unspecified atom stereocenters. The number of aromatic nitrogens is 2. The first-order valence-corrected chi connectivity index (χ1v) is 9.17. The zero-order chi connectivity index (χ0) is 17.1. The van der Waals surface area contributed by atoms with Gasteiger partial charge in [0.15, 0.2) is 0 Å². The molecule has 0 bridgehead atoms. The van der Waals surface area contributed by atoms with Crippen LogP contribution in [0.15, 0.2) is 73.3 Å². The second-order valence-electron chi connectivity index (χ2n) is 7.29. The molecular formula is C22H25N3. The van der Waals surface area contributed by atoms with E-state index in [4.69, 9.17) is 0 Å². The van der Waals surface area contributed by atoms with Crippen LogP contribution in [0.25, 0.3) is 5.69 Å². The van der Waals surface area contributed by atoms with E-state index in [0.29, 0.717) is 12.0 Å². The molecule has 1 aromatic heterocycles. The lowest BCUT2D eigenvalue weighted by atomic mass is 9.94. The molecule has 1 N–H and O–H groups in total. The Morgan fingerprint density at radius 1 is 1.04 bits per heavy atom. The van der Waals surface area contributed by atoms with Crippen LogP contribution < -0.4 is 5.32 Å². The van der Waals surface area contributed by atoms with Gasteiger partial charge < -0.3 is 9.88 Å². The van der Waals surface area contributed by atoms with Gasteiger partial charge in [0.05, 0.1) is 6.33 Å². The molecule has 0 amide bonds. The lowest BCUT2D eigenvalue weighted by Gasteiger charge is -2.22. The SMILES string of the molecule is CC1CC(Cc2ccc(-n3ccnc3)cc2)C(Nc2ccccc2)C1. The molecule has 1 fully saturated rings. The third kappa shape index (κ3) is 3.76. The maximum Gasteiger partial charge on any atom is 0.0991 e. The summed E-state index contributed by atoms with van der Waals surface area (Å²) in [5.41, 5.74) is 3.82. The summed E-state index contributed by atoms with van der Waals surface area (Å²) in [6.45, 7) is 2.38. The predicted molar refractivity (Wildman–Crippen MR) is 103 cm³/mol. The summed E-state index contributed by atoms with van der Waals surface area (Å²) in [5, 5.41) is 3.76. The Bertz CT molecular complexity index is 778. The highest BCUT2D eigenvalue weighted by Crippen LogP contribution is 2.35. The maximum atomic E-state index is 4.12. The zero-order valence-electron chi connectivity index (χ0n) is 14.7. The van der Waals surface area contributed by atoms with E-state index in [0.717, 1.165) is 12.3 Å². The largest absolute Gasteiger partial charge is 0.382 e. The second kappa shape index (κ2) is 7.14. The van der Waals surface area contributed by atoms with Crippen LogP contribution in [-0.2, 0) is 6.42 Å². The summed E-state index contributed by atoms with van der Waals surface area (Å²) in [5.74, 6) is 1.48. The normalized spacial score (nSPS) is 22.8. The number of nitrogens with zero attached hydrogens (tertiary/aromatic N) is 2. The van der Waals surface area contributed by atoms with Gasteiger partial charge in [0.2, 0.25) is 0 Å². The minimum absolute atomic E-state index is 0.561. The van der Waals surface area contributed by atoms with Gasteiger partial charge in [0.1, 0.15) is 0 Å². The van der Waals surface area contributed by atoms with Crippen LogP contribution in [0.1, 0.15) is 25.3 Å². The molecule has 0 aliphatic heterocycles. The van der Waals surface area contributed by atoms with Crippen LogP contribution in [0.2, 0.25) is 0 Å². The number of nitrogens with one attached hydrogen (secondary N) is 1. The Morgan fingerprint density at radius 2 is 1.84 bits per heavy atom. The number of imidazole rings is 1. The van der Waals surface area contributed by atoms with Crippen molar-refractivity contribution < 1.29 is 0 Å². The van der Waals surface area contributed by atoms with Crippen molar-refractivity contribution in [3.05, 3.63) is 78.9 Å². The van der Waals surface area contributed by atoms with Crippen molar-refractivity contribution in [3.63, 3.8) is 0 Å². The molecule has 3 aromatic rings. The number of hydrogen-bond acceptors (Lipinski definition) is 2. The maximum absolute atomic E-state index is 4.12. The number of hydrogen-bond donors (Lipinski definition) is 1. The topological polar surface area (TPSA) is 29.9 Å². The highest BCUT2D eigenvalue weighted by Gasteiger charge is 2.31. The van der Waals surface area contributed by atoms with Gasteiger partial charge in [-0.1, -0.05) is 37.3 Å². The molecule has 0 spiro atoms. The van der Waals surface area contributed by atoms with Crippen LogP contribution in [-0.4, -0.2) is 15.6 Å². The van der Waals surface area contributed by atoms with Gasteiger partial charge in [-0.3, -0.25) is 0 Å². The number of rotatable bonds is 5. The van der Waals surface area contributed by atoms with Gasteiger partial charge >= 0.3 is 0 Å². The molecule has 1 heterocycles.